The molecular weight excluding hydrogens is 220 g/mol. The number of methoxy groups -OCH3 is 1. The van der Waals surface area contributed by atoms with Crippen molar-refractivity contribution in [1.82, 2.24) is 9.78 Å². The van der Waals surface area contributed by atoms with Gasteiger partial charge in [0.15, 0.2) is 5.69 Å². The van der Waals surface area contributed by atoms with Gasteiger partial charge >= 0.3 is 5.97 Å². The van der Waals surface area contributed by atoms with Gasteiger partial charge < -0.3 is 9.84 Å². The van der Waals surface area contributed by atoms with Gasteiger partial charge in [0.2, 0.25) is 0 Å². The minimum Gasteiger partial charge on any atom is -0.497 e. The van der Waals surface area contributed by atoms with Crippen molar-refractivity contribution in [3.8, 4) is 5.75 Å². The summed E-state index contributed by atoms with van der Waals surface area (Å²) in [5.41, 5.74) is 0.866. The summed E-state index contributed by atoms with van der Waals surface area (Å²) >= 11 is 0. The maximum Gasteiger partial charge on any atom is 0.354 e. The third kappa shape index (κ3) is 1.84. The summed E-state index contributed by atoms with van der Waals surface area (Å²) in [5.74, 6) is -0.349. The van der Waals surface area contributed by atoms with Crippen molar-refractivity contribution in [3.63, 3.8) is 0 Å². The number of aromatic carboxylic acids is 1. The smallest absolute Gasteiger partial charge is 0.354 e. The molecule has 0 bridgehead atoms. The van der Waals surface area contributed by atoms with Gasteiger partial charge in [-0.15, -0.1) is 0 Å². The molecule has 0 aliphatic heterocycles. The van der Waals surface area contributed by atoms with Crippen LogP contribution in [0.3, 0.4) is 0 Å². The number of carboxylic acids is 1. The Morgan fingerprint density at radius 1 is 1.47 bits per heavy atom. The lowest BCUT2D eigenvalue weighted by Gasteiger charge is -2.07. The van der Waals surface area contributed by atoms with Crippen LogP contribution in [0, 0.1) is 0 Å². The molecule has 1 aromatic heterocycles. The zero-order chi connectivity index (χ0) is 12.6. The molecule has 17 heavy (non-hydrogen) atoms. The minimum absolute atomic E-state index is 0.000468. The molecule has 0 saturated heterocycles. The third-order valence-electron chi connectivity index (χ3n) is 2.60. The van der Waals surface area contributed by atoms with Crippen LogP contribution >= 0.6 is 0 Å². The summed E-state index contributed by atoms with van der Waals surface area (Å²) in [7, 11) is 1.55. The molecule has 0 amide bonds. The second-order valence-corrected chi connectivity index (χ2v) is 4.08. The number of carbonyl (C=O) groups is 1. The molecule has 90 valence electrons. The summed E-state index contributed by atoms with van der Waals surface area (Å²) in [6, 6.07) is 5.23. The van der Waals surface area contributed by atoms with E-state index in [0.29, 0.717) is 16.7 Å². The predicted molar refractivity (Wildman–Crippen MR) is 63.6 cm³/mol. The van der Waals surface area contributed by atoms with Gasteiger partial charge in [0.05, 0.1) is 12.6 Å². The van der Waals surface area contributed by atoms with Crippen LogP contribution < -0.4 is 4.74 Å². The maximum absolute atomic E-state index is 11.3. The summed E-state index contributed by atoms with van der Waals surface area (Å²) in [4.78, 5) is 11.3. The zero-order valence-corrected chi connectivity index (χ0v) is 9.97. The number of aromatic nitrogens is 2. The van der Waals surface area contributed by atoms with E-state index in [1.165, 1.54) is 4.68 Å². The highest BCUT2D eigenvalue weighted by Gasteiger charge is 2.19. The van der Waals surface area contributed by atoms with Crippen LogP contribution in [0.15, 0.2) is 18.2 Å². The molecule has 1 N–H and O–H groups in total. The molecule has 0 aliphatic carbocycles. The van der Waals surface area contributed by atoms with Crippen LogP contribution in [0.5, 0.6) is 5.75 Å². The van der Waals surface area contributed by atoms with Gasteiger partial charge in [-0.1, -0.05) is 0 Å². The normalized spacial score (nSPS) is 11.1. The first-order chi connectivity index (χ1) is 8.04. The van der Waals surface area contributed by atoms with Crippen molar-refractivity contribution in [3.05, 3.63) is 23.9 Å². The van der Waals surface area contributed by atoms with Crippen molar-refractivity contribution in [2.75, 3.05) is 7.11 Å². The van der Waals surface area contributed by atoms with Crippen LogP contribution in [0.2, 0.25) is 0 Å². The van der Waals surface area contributed by atoms with Gasteiger partial charge in [-0.25, -0.2) is 4.79 Å². The van der Waals surface area contributed by atoms with E-state index in [2.05, 4.69) is 5.10 Å². The first kappa shape index (κ1) is 11.4. The summed E-state index contributed by atoms with van der Waals surface area (Å²) in [6.45, 7) is 3.80. The number of rotatable bonds is 3. The molecule has 5 nitrogen and oxygen atoms in total. The SMILES string of the molecule is COc1ccc2nn(C(C)C)c(C(=O)O)c2c1. The minimum atomic E-state index is -0.977. The van der Waals surface area contributed by atoms with Gasteiger partial charge in [0.25, 0.3) is 0 Å². The first-order valence-electron chi connectivity index (χ1n) is 5.34. The van der Waals surface area contributed by atoms with Gasteiger partial charge in [-0.3, -0.25) is 4.68 Å². The maximum atomic E-state index is 11.3. The lowest BCUT2D eigenvalue weighted by atomic mass is 10.2. The molecule has 0 aliphatic rings. The van der Waals surface area contributed by atoms with E-state index in [0.717, 1.165) is 0 Å². The van der Waals surface area contributed by atoms with E-state index < -0.39 is 5.97 Å². The first-order valence-corrected chi connectivity index (χ1v) is 5.34. The van der Waals surface area contributed by atoms with E-state index in [1.54, 1.807) is 25.3 Å². The zero-order valence-electron chi connectivity index (χ0n) is 9.97. The lowest BCUT2D eigenvalue weighted by Crippen LogP contribution is -2.12. The Morgan fingerprint density at radius 2 is 2.18 bits per heavy atom. The molecule has 0 saturated carbocycles. The largest absolute Gasteiger partial charge is 0.497 e. The van der Waals surface area contributed by atoms with E-state index in [1.807, 2.05) is 13.8 Å². The summed E-state index contributed by atoms with van der Waals surface area (Å²) < 4.78 is 6.62. The fourth-order valence-electron chi connectivity index (χ4n) is 1.80. The van der Waals surface area contributed by atoms with Crippen molar-refractivity contribution in [1.29, 1.82) is 0 Å². The van der Waals surface area contributed by atoms with E-state index in [-0.39, 0.29) is 11.7 Å². The number of carboxylic acid groups (broad SMARTS) is 1. The Labute approximate surface area is 98.6 Å². The highest BCUT2D eigenvalue weighted by molar-refractivity contribution is 6.01. The number of hydrogen-bond donors (Lipinski definition) is 1. The van der Waals surface area contributed by atoms with Crippen LogP contribution in [0.1, 0.15) is 30.4 Å². The van der Waals surface area contributed by atoms with Crippen LogP contribution in [0.4, 0.5) is 0 Å². The van der Waals surface area contributed by atoms with E-state index in [9.17, 15) is 9.90 Å². The quantitative estimate of drug-likeness (QED) is 0.885. The molecule has 0 spiro atoms. The Kier molecular flexibility index (Phi) is 2.75. The van der Waals surface area contributed by atoms with Gasteiger partial charge in [-0.2, -0.15) is 5.10 Å². The average molecular weight is 234 g/mol. The number of ether oxygens (including phenoxy) is 1. The van der Waals surface area contributed by atoms with Crippen molar-refractivity contribution in [2.24, 2.45) is 0 Å². The van der Waals surface area contributed by atoms with Gasteiger partial charge in [-0.05, 0) is 32.0 Å². The standard InChI is InChI=1S/C12H14N2O3/c1-7(2)14-11(12(15)16)9-6-8(17-3)4-5-10(9)13-14/h4-7H,1-3H3,(H,15,16). The van der Waals surface area contributed by atoms with Gasteiger partial charge in [0.1, 0.15) is 5.75 Å². The second kappa shape index (κ2) is 4.08. The molecule has 0 atom stereocenters. The van der Waals surface area contributed by atoms with Crippen LogP contribution in [-0.4, -0.2) is 28.0 Å². The highest BCUT2D eigenvalue weighted by atomic mass is 16.5. The van der Waals surface area contributed by atoms with E-state index in [4.69, 9.17) is 4.74 Å². The van der Waals surface area contributed by atoms with Crippen molar-refractivity contribution >= 4 is 16.9 Å². The van der Waals surface area contributed by atoms with Crippen molar-refractivity contribution in [2.45, 2.75) is 19.9 Å². The van der Waals surface area contributed by atoms with Crippen molar-refractivity contribution < 1.29 is 14.6 Å². The Bertz CT molecular complexity index is 572. The Morgan fingerprint density at radius 3 is 2.71 bits per heavy atom. The lowest BCUT2D eigenvalue weighted by molar-refractivity contribution is 0.0683. The summed E-state index contributed by atoms with van der Waals surface area (Å²) in [5, 5.41) is 14.2. The summed E-state index contributed by atoms with van der Waals surface area (Å²) in [6.07, 6.45) is 0. The molecule has 0 radical (unpaired) electrons. The molecular formula is C12H14N2O3. The topological polar surface area (TPSA) is 64.4 Å². The second-order valence-electron chi connectivity index (χ2n) is 4.08. The fraction of sp³-hybridized carbons (Fsp3) is 0.333. The number of fused-ring (bicyclic) bond motifs is 1. The van der Waals surface area contributed by atoms with Gasteiger partial charge in [0, 0.05) is 11.4 Å². The number of nitrogens with zero attached hydrogens (tertiary/aromatic N) is 2. The Balaban J connectivity index is 2.77. The molecule has 2 rings (SSSR count). The highest BCUT2D eigenvalue weighted by Crippen LogP contribution is 2.25. The average Bonchev–Trinajstić information content (AvgIpc) is 2.66. The van der Waals surface area contributed by atoms with E-state index >= 15 is 0 Å². The molecule has 1 heterocycles. The molecule has 0 unspecified atom stereocenters. The fourth-order valence-corrected chi connectivity index (χ4v) is 1.80. The number of hydrogen-bond acceptors (Lipinski definition) is 3. The molecule has 2 aromatic rings. The molecule has 0 fully saturated rings. The Hall–Kier alpha value is -2.04. The van der Waals surface area contributed by atoms with Crippen LogP contribution in [-0.2, 0) is 0 Å². The number of benzene rings is 1. The molecule has 5 heteroatoms. The predicted octanol–water partition coefficient (Wildman–Crippen LogP) is 2.32. The van der Waals surface area contributed by atoms with Crippen LogP contribution in [0.25, 0.3) is 10.9 Å². The third-order valence-corrected chi connectivity index (χ3v) is 2.60. The molecule has 1 aromatic carbocycles. The monoisotopic (exact) mass is 234 g/mol.